The van der Waals surface area contributed by atoms with Crippen LogP contribution in [-0.4, -0.2) is 40.8 Å². The fraction of sp³-hybridized carbons (Fsp3) is 0.409. The molecule has 1 fully saturated rings. The number of benzene rings is 1. The van der Waals surface area contributed by atoms with Gasteiger partial charge in [-0.1, -0.05) is 17.7 Å². The van der Waals surface area contributed by atoms with E-state index >= 15 is 0 Å². The first-order chi connectivity index (χ1) is 15.2. The maximum atomic E-state index is 13.0. The molecule has 2 aliphatic heterocycles. The molecule has 2 aliphatic rings. The number of aromatic amines is 1. The van der Waals surface area contributed by atoms with Gasteiger partial charge in [0.2, 0.25) is 23.7 Å². The fourth-order valence-corrected chi connectivity index (χ4v) is 4.28. The second-order valence-electron chi connectivity index (χ2n) is 8.43. The lowest BCUT2D eigenvalue weighted by Crippen LogP contribution is -2.41. The van der Waals surface area contributed by atoms with Gasteiger partial charge in [-0.15, -0.1) is 0 Å². The summed E-state index contributed by atoms with van der Waals surface area (Å²) in [5.41, 5.74) is 7.64. The van der Waals surface area contributed by atoms with Crippen LogP contribution in [0.2, 0.25) is 0 Å². The number of H-pyrrole nitrogens is 1. The van der Waals surface area contributed by atoms with Crippen molar-refractivity contribution in [3.8, 4) is 0 Å². The molecule has 1 saturated heterocycles. The molecule has 3 heterocycles. The molecule has 1 atom stereocenters. The molecule has 0 radical (unpaired) electrons. The molecular weight excluding hydrogens is 412 g/mol. The molecule has 2 aromatic rings. The lowest BCUT2D eigenvalue weighted by atomic mass is 9.92. The number of nitrogens with zero attached hydrogens (tertiary/aromatic N) is 2. The van der Waals surface area contributed by atoms with Crippen molar-refractivity contribution in [1.29, 1.82) is 0 Å². The number of hydrogen-bond acceptors (Lipinski definition) is 6. The molecule has 3 amide bonds. The number of hydrogen-bond donors (Lipinski definition) is 4. The monoisotopic (exact) mass is 438 g/mol. The maximum Gasteiger partial charge on any atom is 0.258 e. The molecular formula is C22H26N6O4. The molecule has 0 aliphatic carbocycles. The van der Waals surface area contributed by atoms with Crippen LogP contribution < -0.4 is 26.8 Å². The summed E-state index contributed by atoms with van der Waals surface area (Å²) in [5, 5.41) is 5.46. The van der Waals surface area contributed by atoms with Gasteiger partial charge in [-0.25, -0.2) is 0 Å². The second kappa shape index (κ2) is 8.45. The summed E-state index contributed by atoms with van der Waals surface area (Å²) in [4.78, 5) is 58.7. The number of carbonyl (C=O) groups excluding carboxylic acids is 3. The lowest BCUT2D eigenvalue weighted by Gasteiger charge is -2.32. The number of aromatic nitrogens is 2. The highest BCUT2D eigenvalue weighted by atomic mass is 16.2. The van der Waals surface area contributed by atoms with Crippen molar-refractivity contribution in [2.45, 2.75) is 39.0 Å². The molecule has 168 valence electrons. The first kappa shape index (κ1) is 21.5. The highest BCUT2D eigenvalue weighted by Crippen LogP contribution is 2.31. The first-order valence-electron chi connectivity index (χ1n) is 10.6. The number of fused-ring (bicyclic) bond motifs is 1. The lowest BCUT2D eigenvalue weighted by molar-refractivity contribution is -0.123. The van der Waals surface area contributed by atoms with Gasteiger partial charge in [-0.3, -0.25) is 24.2 Å². The molecule has 4 rings (SSSR count). The Labute approximate surface area is 184 Å². The van der Waals surface area contributed by atoms with Crippen molar-refractivity contribution in [2.75, 3.05) is 28.6 Å². The van der Waals surface area contributed by atoms with Crippen molar-refractivity contribution in [3.05, 3.63) is 45.2 Å². The third-order valence-electron chi connectivity index (χ3n) is 6.09. The van der Waals surface area contributed by atoms with Crippen LogP contribution in [0.1, 0.15) is 41.9 Å². The van der Waals surface area contributed by atoms with Crippen LogP contribution in [0.5, 0.6) is 0 Å². The molecule has 1 aromatic carbocycles. The molecule has 0 saturated carbocycles. The Kier molecular flexibility index (Phi) is 5.68. The van der Waals surface area contributed by atoms with E-state index in [-0.39, 0.29) is 35.5 Å². The van der Waals surface area contributed by atoms with Gasteiger partial charge < -0.3 is 21.3 Å². The van der Waals surface area contributed by atoms with E-state index < -0.39 is 17.4 Å². The van der Waals surface area contributed by atoms with E-state index in [9.17, 15) is 19.2 Å². The van der Waals surface area contributed by atoms with Gasteiger partial charge in [0.25, 0.3) is 5.56 Å². The van der Waals surface area contributed by atoms with Crippen molar-refractivity contribution in [1.82, 2.24) is 9.97 Å². The summed E-state index contributed by atoms with van der Waals surface area (Å²) in [6.45, 7) is 4.84. The second-order valence-corrected chi connectivity index (χ2v) is 8.43. The fourth-order valence-electron chi connectivity index (χ4n) is 4.28. The van der Waals surface area contributed by atoms with Crippen LogP contribution >= 0.6 is 0 Å². The predicted molar refractivity (Wildman–Crippen MR) is 120 cm³/mol. The molecule has 32 heavy (non-hydrogen) atoms. The van der Waals surface area contributed by atoms with Crippen LogP contribution in [0.25, 0.3) is 0 Å². The SMILES string of the molecule is Cc1ccc(NC(=O)C2CC(=O)Nc3nc(N4CCC(C(N)=O)CC4)[nH]c(=O)c32)c(C)c1. The summed E-state index contributed by atoms with van der Waals surface area (Å²) >= 11 is 0. The van der Waals surface area contributed by atoms with Crippen molar-refractivity contribution >= 4 is 35.2 Å². The van der Waals surface area contributed by atoms with Gasteiger partial charge in [-0.2, -0.15) is 4.98 Å². The zero-order chi connectivity index (χ0) is 23.0. The topological polar surface area (TPSA) is 150 Å². The third-order valence-corrected chi connectivity index (χ3v) is 6.09. The van der Waals surface area contributed by atoms with Crippen molar-refractivity contribution < 1.29 is 14.4 Å². The molecule has 5 N–H and O–H groups in total. The number of primary amides is 1. The Morgan fingerprint density at radius 2 is 1.91 bits per heavy atom. The van der Waals surface area contributed by atoms with Crippen molar-refractivity contribution in [3.63, 3.8) is 0 Å². The van der Waals surface area contributed by atoms with Crippen LogP contribution in [0.3, 0.4) is 0 Å². The average molecular weight is 438 g/mol. The van der Waals surface area contributed by atoms with Gasteiger partial charge in [0.1, 0.15) is 5.82 Å². The Hall–Kier alpha value is -3.69. The highest BCUT2D eigenvalue weighted by molar-refractivity contribution is 6.04. The number of carbonyl (C=O) groups is 3. The maximum absolute atomic E-state index is 13.0. The minimum Gasteiger partial charge on any atom is -0.369 e. The van der Waals surface area contributed by atoms with E-state index in [0.29, 0.717) is 37.6 Å². The Morgan fingerprint density at radius 1 is 1.19 bits per heavy atom. The predicted octanol–water partition coefficient (Wildman–Crippen LogP) is 1.15. The smallest absolute Gasteiger partial charge is 0.258 e. The van der Waals surface area contributed by atoms with Gasteiger partial charge in [0, 0.05) is 31.1 Å². The quantitative estimate of drug-likeness (QED) is 0.562. The number of aryl methyl sites for hydroxylation is 2. The molecule has 0 bridgehead atoms. The zero-order valence-corrected chi connectivity index (χ0v) is 18.0. The van der Waals surface area contributed by atoms with Crippen LogP contribution in [0, 0.1) is 19.8 Å². The van der Waals surface area contributed by atoms with Gasteiger partial charge in [0.05, 0.1) is 11.5 Å². The molecule has 1 unspecified atom stereocenters. The zero-order valence-electron chi connectivity index (χ0n) is 18.0. The molecule has 10 heteroatoms. The summed E-state index contributed by atoms with van der Waals surface area (Å²) in [6.07, 6.45) is 0.977. The van der Waals surface area contributed by atoms with E-state index in [0.717, 1.165) is 11.1 Å². The van der Waals surface area contributed by atoms with Crippen LogP contribution in [0.15, 0.2) is 23.0 Å². The summed E-state index contributed by atoms with van der Waals surface area (Å²) < 4.78 is 0. The number of anilines is 3. The number of nitrogens with two attached hydrogens (primary N) is 1. The molecule has 0 spiro atoms. The van der Waals surface area contributed by atoms with E-state index in [1.807, 2.05) is 30.9 Å². The summed E-state index contributed by atoms with van der Waals surface area (Å²) in [7, 11) is 0. The summed E-state index contributed by atoms with van der Waals surface area (Å²) in [5.74, 6) is -1.91. The van der Waals surface area contributed by atoms with E-state index in [1.54, 1.807) is 6.07 Å². The van der Waals surface area contributed by atoms with E-state index in [2.05, 4.69) is 20.6 Å². The third kappa shape index (κ3) is 4.20. The number of rotatable bonds is 4. The van der Waals surface area contributed by atoms with Gasteiger partial charge in [-0.05, 0) is 38.3 Å². The van der Waals surface area contributed by atoms with E-state index in [4.69, 9.17) is 5.73 Å². The van der Waals surface area contributed by atoms with Gasteiger partial charge in [0.15, 0.2) is 0 Å². The van der Waals surface area contributed by atoms with Gasteiger partial charge >= 0.3 is 0 Å². The van der Waals surface area contributed by atoms with E-state index in [1.165, 1.54) is 0 Å². The Bertz CT molecular complexity index is 1150. The highest BCUT2D eigenvalue weighted by Gasteiger charge is 2.35. The Balaban J connectivity index is 1.60. The number of piperidine rings is 1. The first-order valence-corrected chi connectivity index (χ1v) is 10.6. The Morgan fingerprint density at radius 3 is 2.56 bits per heavy atom. The molecule has 10 nitrogen and oxygen atoms in total. The minimum absolute atomic E-state index is 0.0952. The van der Waals surface area contributed by atoms with Crippen LogP contribution in [0.4, 0.5) is 17.5 Å². The number of nitrogens with one attached hydrogen (secondary N) is 3. The minimum atomic E-state index is -0.953. The standard InChI is InChI=1S/C22H26N6O4/c1-11-3-4-15(12(2)9-11)24-20(31)14-10-16(29)25-19-17(14)21(32)27-22(26-19)28-7-5-13(6-8-28)18(23)30/h3-4,9,13-14H,5-8,10H2,1-2H3,(H2,23,30)(H,24,31)(H2,25,26,27,29,32). The molecule has 1 aromatic heterocycles. The largest absolute Gasteiger partial charge is 0.369 e. The normalized spacial score (nSPS) is 18.6. The van der Waals surface area contributed by atoms with Crippen molar-refractivity contribution in [2.24, 2.45) is 11.7 Å². The average Bonchev–Trinajstić information content (AvgIpc) is 2.74. The van der Waals surface area contributed by atoms with Crippen LogP contribution in [-0.2, 0) is 14.4 Å². The number of amides is 3. The summed E-state index contributed by atoms with van der Waals surface area (Å²) in [6, 6.07) is 5.62.